The maximum atomic E-state index is 12.6. The highest BCUT2D eigenvalue weighted by atomic mass is 79.9. The molecule has 0 amide bonds. The van der Waals surface area contributed by atoms with Crippen LogP contribution < -0.4 is 5.32 Å². The van der Waals surface area contributed by atoms with E-state index in [9.17, 15) is 13.2 Å². The lowest BCUT2D eigenvalue weighted by Gasteiger charge is -2.29. The van der Waals surface area contributed by atoms with Crippen molar-refractivity contribution in [1.29, 1.82) is 0 Å². The summed E-state index contributed by atoms with van der Waals surface area (Å²) in [5.41, 5.74) is 0.108. The van der Waals surface area contributed by atoms with Gasteiger partial charge in [-0.3, -0.25) is 0 Å². The predicted molar refractivity (Wildman–Crippen MR) is 78.8 cm³/mol. The van der Waals surface area contributed by atoms with E-state index >= 15 is 0 Å². The van der Waals surface area contributed by atoms with Crippen LogP contribution in [0.5, 0.6) is 0 Å². The van der Waals surface area contributed by atoms with Gasteiger partial charge < -0.3 is 5.32 Å². The summed E-state index contributed by atoms with van der Waals surface area (Å²) in [6.07, 6.45) is 0.707. The lowest BCUT2D eigenvalue weighted by molar-refractivity contribution is -0.137. The third kappa shape index (κ3) is 3.90. The topological polar surface area (TPSA) is 12.0 Å². The van der Waals surface area contributed by atoms with Gasteiger partial charge in [0.2, 0.25) is 0 Å². The number of halogens is 4. The maximum absolute atomic E-state index is 12.6. The van der Waals surface area contributed by atoms with E-state index in [0.717, 1.165) is 24.4 Å². The van der Waals surface area contributed by atoms with Gasteiger partial charge in [-0.2, -0.15) is 13.2 Å². The summed E-state index contributed by atoms with van der Waals surface area (Å²) >= 11 is 3.22. The minimum absolute atomic E-state index is 0.468. The monoisotopic (exact) mass is 349 g/mol. The number of hydrogen-bond acceptors (Lipinski definition) is 1. The molecule has 1 nitrogen and oxygen atoms in total. The summed E-state index contributed by atoms with van der Waals surface area (Å²) in [7, 11) is 0. The molecule has 0 radical (unpaired) electrons. The third-order valence-corrected chi connectivity index (χ3v) is 4.80. The van der Waals surface area contributed by atoms with Crippen molar-refractivity contribution in [2.45, 2.75) is 38.8 Å². The van der Waals surface area contributed by atoms with Crippen molar-refractivity contribution in [2.75, 3.05) is 11.9 Å². The van der Waals surface area contributed by atoms with Gasteiger partial charge >= 0.3 is 6.18 Å². The van der Waals surface area contributed by atoms with E-state index in [1.807, 2.05) is 0 Å². The lowest BCUT2D eigenvalue weighted by Crippen LogP contribution is -2.24. The molecule has 1 saturated carbocycles. The van der Waals surface area contributed by atoms with Gasteiger partial charge in [-0.15, -0.1) is 0 Å². The molecular weight excluding hydrogens is 331 g/mol. The van der Waals surface area contributed by atoms with Crippen LogP contribution in [0.4, 0.5) is 18.9 Å². The molecule has 0 aromatic heterocycles. The van der Waals surface area contributed by atoms with E-state index in [1.165, 1.54) is 31.7 Å². The van der Waals surface area contributed by atoms with Crippen molar-refractivity contribution in [3.63, 3.8) is 0 Å². The minimum atomic E-state index is -4.29. The Kier molecular flexibility index (Phi) is 4.99. The molecule has 0 spiro atoms. The molecular formula is C15H19BrF3N. The quantitative estimate of drug-likeness (QED) is 0.737. The first-order valence-electron chi connectivity index (χ1n) is 6.98. The average Bonchev–Trinajstić information content (AvgIpc) is 2.38. The van der Waals surface area contributed by atoms with Crippen LogP contribution in [-0.4, -0.2) is 6.54 Å². The summed E-state index contributed by atoms with van der Waals surface area (Å²) < 4.78 is 38.2. The predicted octanol–water partition coefficient (Wildman–Crippen LogP) is 5.71. The molecule has 1 N–H and O–H groups in total. The Morgan fingerprint density at radius 3 is 2.55 bits per heavy atom. The van der Waals surface area contributed by atoms with Gasteiger partial charge in [-0.05, 0) is 52.4 Å². The molecule has 0 bridgehead atoms. The number of nitrogens with one attached hydrogen (secondary N) is 1. The molecule has 2 unspecified atom stereocenters. The van der Waals surface area contributed by atoms with Gasteiger partial charge in [-0.25, -0.2) is 0 Å². The van der Waals surface area contributed by atoms with Crippen molar-refractivity contribution < 1.29 is 13.2 Å². The maximum Gasteiger partial charge on any atom is 0.416 e. The Morgan fingerprint density at radius 2 is 1.95 bits per heavy atom. The molecule has 20 heavy (non-hydrogen) atoms. The van der Waals surface area contributed by atoms with Gasteiger partial charge in [0.15, 0.2) is 0 Å². The molecule has 1 fully saturated rings. The van der Waals surface area contributed by atoms with Crippen molar-refractivity contribution in [3.05, 3.63) is 28.2 Å². The molecule has 1 aromatic rings. The Balaban J connectivity index is 1.99. The fourth-order valence-electron chi connectivity index (χ4n) is 2.77. The summed E-state index contributed by atoms with van der Waals surface area (Å²) in [5.74, 6) is 1.29. The highest BCUT2D eigenvalue weighted by Gasteiger charge is 2.30. The molecule has 5 heteroatoms. The SMILES string of the molecule is CC1CCCCC1CNc1ccc(C(F)(F)F)cc1Br. The Labute approximate surface area is 126 Å². The second-order valence-electron chi connectivity index (χ2n) is 5.60. The molecule has 0 saturated heterocycles. The van der Waals surface area contributed by atoms with Gasteiger partial charge in [0.25, 0.3) is 0 Å². The van der Waals surface area contributed by atoms with E-state index in [0.29, 0.717) is 16.3 Å². The number of anilines is 1. The Morgan fingerprint density at radius 1 is 1.25 bits per heavy atom. The van der Waals surface area contributed by atoms with Crippen molar-refractivity contribution >= 4 is 21.6 Å². The smallest absolute Gasteiger partial charge is 0.384 e. The number of rotatable bonds is 3. The zero-order valence-electron chi connectivity index (χ0n) is 11.4. The summed E-state index contributed by atoms with van der Waals surface area (Å²) in [5, 5.41) is 3.28. The van der Waals surface area contributed by atoms with Crippen LogP contribution in [0, 0.1) is 11.8 Å². The molecule has 1 aliphatic rings. The molecule has 1 aliphatic carbocycles. The van der Waals surface area contributed by atoms with Crippen LogP contribution in [0.15, 0.2) is 22.7 Å². The van der Waals surface area contributed by atoms with E-state index < -0.39 is 11.7 Å². The van der Waals surface area contributed by atoms with E-state index in [2.05, 4.69) is 28.2 Å². The first-order chi connectivity index (χ1) is 9.38. The van der Waals surface area contributed by atoms with Crippen LogP contribution in [0.25, 0.3) is 0 Å². The third-order valence-electron chi connectivity index (χ3n) is 4.14. The van der Waals surface area contributed by atoms with Gasteiger partial charge in [0.05, 0.1) is 5.56 Å². The normalized spacial score (nSPS) is 23.6. The summed E-state index contributed by atoms with van der Waals surface area (Å²) in [6.45, 7) is 3.08. The van der Waals surface area contributed by atoms with Crippen LogP contribution in [0.1, 0.15) is 38.2 Å². The largest absolute Gasteiger partial charge is 0.416 e. The van der Waals surface area contributed by atoms with Gasteiger partial charge in [0.1, 0.15) is 0 Å². The molecule has 112 valence electrons. The lowest BCUT2D eigenvalue weighted by atomic mass is 9.80. The standard InChI is InChI=1S/C15H19BrF3N/c1-10-4-2-3-5-11(10)9-20-14-7-6-12(8-13(14)16)15(17,18)19/h6-8,10-11,20H,2-5,9H2,1H3. The highest BCUT2D eigenvalue weighted by Crippen LogP contribution is 2.35. The molecule has 1 aromatic carbocycles. The van der Waals surface area contributed by atoms with E-state index in [4.69, 9.17) is 0 Å². The Bertz CT molecular complexity index is 459. The second kappa shape index (κ2) is 6.37. The first-order valence-corrected chi connectivity index (χ1v) is 7.78. The Hall–Kier alpha value is -0.710. The molecule has 2 rings (SSSR count). The highest BCUT2D eigenvalue weighted by molar-refractivity contribution is 9.10. The van der Waals surface area contributed by atoms with E-state index in [1.54, 1.807) is 0 Å². The zero-order valence-corrected chi connectivity index (χ0v) is 13.0. The van der Waals surface area contributed by atoms with Crippen LogP contribution >= 0.6 is 15.9 Å². The zero-order chi connectivity index (χ0) is 14.8. The van der Waals surface area contributed by atoms with Crippen molar-refractivity contribution in [3.8, 4) is 0 Å². The molecule has 2 atom stereocenters. The number of alkyl halides is 3. The second-order valence-corrected chi connectivity index (χ2v) is 6.45. The van der Waals surface area contributed by atoms with Crippen molar-refractivity contribution in [1.82, 2.24) is 0 Å². The fraction of sp³-hybridized carbons (Fsp3) is 0.600. The van der Waals surface area contributed by atoms with Gasteiger partial charge in [0, 0.05) is 16.7 Å². The summed E-state index contributed by atoms with van der Waals surface area (Å²) in [4.78, 5) is 0. The fourth-order valence-corrected chi connectivity index (χ4v) is 3.29. The van der Waals surface area contributed by atoms with Crippen LogP contribution in [0.2, 0.25) is 0 Å². The molecule has 0 heterocycles. The van der Waals surface area contributed by atoms with Crippen LogP contribution in [-0.2, 0) is 6.18 Å². The molecule has 0 aliphatic heterocycles. The van der Waals surface area contributed by atoms with Crippen molar-refractivity contribution in [2.24, 2.45) is 11.8 Å². The number of benzene rings is 1. The van der Waals surface area contributed by atoms with E-state index in [-0.39, 0.29) is 0 Å². The number of hydrogen-bond donors (Lipinski definition) is 1. The minimum Gasteiger partial charge on any atom is -0.384 e. The summed E-state index contributed by atoms with van der Waals surface area (Å²) in [6, 6.07) is 3.75. The van der Waals surface area contributed by atoms with Crippen LogP contribution in [0.3, 0.4) is 0 Å². The first kappa shape index (κ1) is 15.7. The van der Waals surface area contributed by atoms with Gasteiger partial charge in [-0.1, -0.05) is 26.2 Å². The average molecular weight is 350 g/mol.